The molecule has 0 amide bonds. The molecular weight excluding hydrogens is 302 g/mol. The zero-order valence-corrected chi connectivity index (χ0v) is 13.6. The van der Waals surface area contributed by atoms with Gasteiger partial charge in [0.25, 0.3) is 0 Å². The van der Waals surface area contributed by atoms with E-state index in [1.54, 1.807) is 0 Å². The second-order valence-electron chi connectivity index (χ2n) is 7.11. The predicted molar refractivity (Wildman–Crippen MR) is 89.8 cm³/mol. The molecule has 122 valence electrons. The number of ether oxygens (including phenoxy) is 1. The number of nitrogens with zero attached hydrogens (tertiary/aromatic N) is 1. The SMILES string of the molecule is COC(=O)[C@@H]1C[C@@H]2CCCN2[C@@]12C(=O)c1cccc3cccc2c13. The average Bonchev–Trinajstić information content (AvgIpc) is 3.25. The van der Waals surface area contributed by atoms with Gasteiger partial charge in [0, 0.05) is 11.6 Å². The number of ketones is 1. The Morgan fingerprint density at radius 2 is 2.04 bits per heavy atom. The molecule has 0 N–H and O–H groups in total. The minimum atomic E-state index is -0.864. The van der Waals surface area contributed by atoms with Crippen LogP contribution < -0.4 is 0 Å². The van der Waals surface area contributed by atoms with Gasteiger partial charge in [0.05, 0.1) is 13.0 Å². The molecule has 2 fully saturated rings. The van der Waals surface area contributed by atoms with Crippen LogP contribution in [0.3, 0.4) is 0 Å². The van der Waals surface area contributed by atoms with Gasteiger partial charge in [-0.05, 0) is 42.1 Å². The largest absolute Gasteiger partial charge is 0.469 e. The first-order chi connectivity index (χ1) is 11.7. The van der Waals surface area contributed by atoms with E-state index in [0.717, 1.165) is 41.3 Å². The fourth-order valence-corrected chi connectivity index (χ4v) is 5.40. The monoisotopic (exact) mass is 321 g/mol. The summed E-state index contributed by atoms with van der Waals surface area (Å²) in [7, 11) is 1.42. The van der Waals surface area contributed by atoms with Gasteiger partial charge in [-0.3, -0.25) is 14.5 Å². The van der Waals surface area contributed by atoms with Crippen molar-refractivity contribution in [3.63, 3.8) is 0 Å². The Bertz CT molecular complexity index is 884. The maximum absolute atomic E-state index is 13.6. The first kappa shape index (κ1) is 14.2. The molecule has 1 aliphatic carbocycles. The number of benzene rings is 2. The molecule has 2 aromatic carbocycles. The summed E-state index contributed by atoms with van der Waals surface area (Å²) in [6, 6.07) is 12.2. The number of rotatable bonds is 1. The topological polar surface area (TPSA) is 46.6 Å². The van der Waals surface area contributed by atoms with Gasteiger partial charge >= 0.3 is 5.97 Å². The van der Waals surface area contributed by atoms with Gasteiger partial charge in [0.1, 0.15) is 5.54 Å². The number of methoxy groups -OCH3 is 1. The van der Waals surface area contributed by atoms with Crippen LogP contribution in [0.4, 0.5) is 0 Å². The van der Waals surface area contributed by atoms with Crippen molar-refractivity contribution < 1.29 is 14.3 Å². The first-order valence-electron chi connectivity index (χ1n) is 8.61. The lowest BCUT2D eigenvalue weighted by Crippen LogP contribution is -2.51. The van der Waals surface area contributed by atoms with Gasteiger partial charge in [-0.2, -0.15) is 0 Å². The molecule has 4 heteroatoms. The van der Waals surface area contributed by atoms with Crippen LogP contribution in [0.25, 0.3) is 10.8 Å². The van der Waals surface area contributed by atoms with Crippen molar-refractivity contribution in [2.75, 3.05) is 13.7 Å². The Morgan fingerprint density at radius 3 is 2.83 bits per heavy atom. The van der Waals surface area contributed by atoms with Gasteiger partial charge in [-0.25, -0.2) is 0 Å². The van der Waals surface area contributed by atoms with Gasteiger partial charge in [0.2, 0.25) is 0 Å². The average molecular weight is 321 g/mol. The molecule has 2 aromatic rings. The minimum Gasteiger partial charge on any atom is -0.469 e. The molecule has 5 rings (SSSR count). The molecule has 1 spiro atoms. The van der Waals surface area contributed by atoms with E-state index in [0.29, 0.717) is 12.5 Å². The van der Waals surface area contributed by atoms with Crippen LogP contribution in [-0.2, 0) is 15.1 Å². The van der Waals surface area contributed by atoms with Gasteiger partial charge in [0.15, 0.2) is 5.78 Å². The van der Waals surface area contributed by atoms with Crippen LogP contribution in [0.2, 0.25) is 0 Å². The van der Waals surface area contributed by atoms with Crippen LogP contribution in [-0.4, -0.2) is 36.3 Å². The van der Waals surface area contributed by atoms with Crippen LogP contribution >= 0.6 is 0 Å². The summed E-state index contributed by atoms with van der Waals surface area (Å²) in [5, 5.41) is 2.09. The van der Waals surface area contributed by atoms with Crippen molar-refractivity contribution in [2.24, 2.45) is 5.92 Å². The Kier molecular flexibility index (Phi) is 2.76. The zero-order chi connectivity index (χ0) is 16.5. The zero-order valence-electron chi connectivity index (χ0n) is 13.6. The lowest BCUT2D eigenvalue weighted by atomic mass is 9.77. The first-order valence-corrected chi connectivity index (χ1v) is 8.61. The fourth-order valence-electron chi connectivity index (χ4n) is 5.40. The third-order valence-electron chi connectivity index (χ3n) is 6.23. The van der Waals surface area contributed by atoms with E-state index in [1.807, 2.05) is 36.4 Å². The number of carbonyl (C=O) groups excluding carboxylic acids is 2. The van der Waals surface area contributed by atoms with Crippen LogP contribution in [0.1, 0.15) is 35.2 Å². The van der Waals surface area contributed by atoms with Crippen molar-refractivity contribution in [1.82, 2.24) is 4.90 Å². The molecule has 3 aliphatic rings. The third-order valence-corrected chi connectivity index (χ3v) is 6.23. The molecule has 2 aliphatic heterocycles. The summed E-state index contributed by atoms with van der Waals surface area (Å²) in [6.45, 7) is 0.869. The summed E-state index contributed by atoms with van der Waals surface area (Å²) in [5.41, 5.74) is 0.891. The molecule has 3 atom stereocenters. The van der Waals surface area contributed by atoms with Gasteiger partial charge < -0.3 is 4.74 Å². The second kappa shape index (κ2) is 4.67. The normalized spacial score (nSPS) is 31.1. The van der Waals surface area contributed by atoms with Crippen LogP contribution in [0.15, 0.2) is 36.4 Å². The van der Waals surface area contributed by atoms with E-state index >= 15 is 0 Å². The lowest BCUT2D eigenvalue weighted by molar-refractivity contribution is -0.148. The van der Waals surface area contributed by atoms with Crippen molar-refractivity contribution in [3.05, 3.63) is 47.5 Å². The fraction of sp³-hybridized carbons (Fsp3) is 0.400. The molecule has 0 unspecified atom stereocenters. The van der Waals surface area contributed by atoms with Crippen molar-refractivity contribution in [1.29, 1.82) is 0 Å². The van der Waals surface area contributed by atoms with E-state index < -0.39 is 11.5 Å². The minimum absolute atomic E-state index is 0.0779. The smallest absolute Gasteiger partial charge is 0.311 e. The van der Waals surface area contributed by atoms with Crippen molar-refractivity contribution in [2.45, 2.75) is 30.8 Å². The molecule has 0 aromatic heterocycles. The predicted octanol–water partition coefficient (Wildman–Crippen LogP) is 2.89. The maximum atomic E-state index is 13.6. The van der Waals surface area contributed by atoms with E-state index in [4.69, 9.17) is 4.74 Å². The third kappa shape index (κ3) is 1.44. The number of carbonyl (C=O) groups is 2. The Hall–Kier alpha value is -2.20. The number of fused-ring (bicyclic) bond motifs is 3. The van der Waals surface area contributed by atoms with E-state index in [2.05, 4.69) is 4.90 Å². The molecule has 2 saturated heterocycles. The molecule has 24 heavy (non-hydrogen) atoms. The molecule has 0 bridgehead atoms. The number of hydrogen-bond acceptors (Lipinski definition) is 4. The van der Waals surface area contributed by atoms with Crippen molar-refractivity contribution in [3.8, 4) is 0 Å². The van der Waals surface area contributed by atoms with E-state index in [9.17, 15) is 9.59 Å². The summed E-state index contributed by atoms with van der Waals surface area (Å²) >= 11 is 0. The molecule has 4 nitrogen and oxygen atoms in total. The maximum Gasteiger partial charge on any atom is 0.311 e. The van der Waals surface area contributed by atoms with E-state index in [1.165, 1.54) is 7.11 Å². The summed E-state index contributed by atoms with van der Waals surface area (Å²) in [6.07, 6.45) is 2.84. The summed E-state index contributed by atoms with van der Waals surface area (Å²) < 4.78 is 5.11. The standard InChI is InChI=1S/C20H19NO3/c1-24-19(23)16-11-13-7-4-10-21(13)20(16)15-9-3-6-12-5-2-8-14(17(12)15)18(20)22/h2-3,5-6,8-9,13,16H,4,7,10-11H2,1H3/t13-,16-,20+/m0/s1. The number of esters is 1. The Labute approximate surface area is 140 Å². The highest BCUT2D eigenvalue weighted by atomic mass is 16.5. The number of Topliss-reactive ketones (excluding diaryl/α,β-unsaturated/α-hetero) is 1. The molecule has 0 saturated carbocycles. The number of hydrogen-bond donors (Lipinski definition) is 0. The summed E-state index contributed by atoms with van der Waals surface area (Å²) in [4.78, 5) is 28.5. The van der Waals surface area contributed by atoms with Crippen LogP contribution in [0.5, 0.6) is 0 Å². The molecule has 2 heterocycles. The lowest BCUT2D eigenvalue weighted by Gasteiger charge is -2.37. The highest BCUT2D eigenvalue weighted by Gasteiger charge is 2.65. The van der Waals surface area contributed by atoms with Gasteiger partial charge in [-0.1, -0.05) is 36.4 Å². The van der Waals surface area contributed by atoms with Crippen LogP contribution in [0, 0.1) is 5.92 Å². The Balaban J connectivity index is 1.84. The quantitative estimate of drug-likeness (QED) is 0.758. The van der Waals surface area contributed by atoms with Crippen molar-refractivity contribution >= 4 is 22.5 Å². The highest BCUT2D eigenvalue weighted by molar-refractivity contribution is 6.21. The van der Waals surface area contributed by atoms with Gasteiger partial charge in [-0.15, -0.1) is 0 Å². The summed E-state index contributed by atoms with van der Waals surface area (Å²) in [5.74, 6) is -0.602. The Morgan fingerprint density at radius 1 is 1.25 bits per heavy atom. The highest BCUT2D eigenvalue weighted by Crippen LogP contribution is 2.57. The molecular formula is C20H19NO3. The molecule has 0 radical (unpaired) electrons. The second-order valence-corrected chi connectivity index (χ2v) is 7.11. The van der Waals surface area contributed by atoms with E-state index in [-0.39, 0.29) is 11.8 Å².